The highest BCUT2D eigenvalue weighted by Crippen LogP contribution is 2.35. The molecule has 0 heterocycles. The number of hydrogen-bond donors (Lipinski definition) is 2. The van der Waals surface area contributed by atoms with Crippen LogP contribution in [0.15, 0.2) is 105 Å². The third-order valence-electron chi connectivity index (χ3n) is 8.99. The molecule has 0 bridgehead atoms. The quantitative estimate of drug-likeness (QED) is 0.0658. The predicted molar refractivity (Wildman–Crippen MR) is 221 cm³/mol. The maximum atomic E-state index is 10.7. The fourth-order valence-corrected chi connectivity index (χ4v) is 5.77. The summed E-state index contributed by atoms with van der Waals surface area (Å²) in [5.41, 5.74) is 12.9. The topological polar surface area (TPSA) is 66.8 Å². The Morgan fingerprint density at radius 1 is 0.380 bits per heavy atom. The second-order valence-electron chi connectivity index (χ2n) is 14.8. The summed E-state index contributed by atoms with van der Waals surface area (Å²) in [5, 5.41) is 0. The van der Waals surface area contributed by atoms with Crippen LogP contribution < -0.4 is 0 Å². The molecule has 0 amide bonds. The van der Waals surface area contributed by atoms with Crippen LogP contribution in [-0.4, -0.2) is 16.4 Å². The molecule has 5 heteroatoms. The van der Waals surface area contributed by atoms with E-state index < -0.39 is 7.82 Å². The summed E-state index contributed by atoms with van der Waals surface area (Å²) in [6.07, 6.45) is 38.5. The van der Waals surface area contributed by atoms with E-state index in [0.717, 1.165) is 95.5 Å². The van der Waals surface area contributed by atoms with Crippen LogP contribution >= 0.6 is 7.82 Å². The van der Waals surface area contributed by atoms with Gasteiger partial charge in [0.25, 0.3) is 0 Å². The SMILES string of the molecule is CC(C)=CCC/C(C)=C/CC/C(C)=C/CC/C(C)=C/CC/C(C)=C/CC/C(C)=C/CC/C(C)=C/CC/C(C)=C/CC/C(C)=C/COP(=O)(O)O. The Balaban J connectivity index is 4.24. The van der Waals surface area contributed by atoms with Gasteiger partial charge in [0.2, 0.25) is 0 Å². The van der Waals surface area contributed by atoms with E-state index in [1.807, 2.05) is 6.92 Å². The fourth-order valence-electron chi connectivity index (χ4n) is 5.51. The average Bonchev–Trinajstić information content (AvgIpc) is 3.00. The molecule has 2 N–H and O–H groups in total. The summed E-state index contributed by atoms with van der Waals surface area (Å²) in [5.74, 6) is 0. The van der Waals surface area contributed by atoms with Gasteiger partial charge < -0.3 is 9.79 Å². The zero-order valence-electron chi connectivity index (χ0n) is 33.9. The van der Waals surface area contributed by atoms with Crippen molar-refractivity contribution in [2.75, 3.05) is 6.61 Å². The minimum atomic E-state index is -4.39. The summed E-state index contributed by atoms with van der Waals surface area (Å²) < 4.78 is 15.2. The van der Waals surface area contributed by atoms with E-state index in [-0.39, 0.29) is 6.61 Å². The van der Waals surface area contributed by atoms with E-state index in [1.165, 1.54) is 57.4 Å². The van der Waals surface area contributed by atoms with Gasteiger partial charge in [-0.05, 0) is 172 Å². The number of rotatable bonds is 27. The van der Waals surface area contributed by atoms with Crippen LogP contribution in [-0.2, 0) is 9.09 Å². The first-order valence-corrected chi connectivity index (χ1v) is 20.7. The average molecular weight is 711 g/mol. The van der Waals surface area contributed by atoms with Gasteiger partial charge in [-0.15, -0.1) is 0 Å². The van der Waals surface area contributed by atoms with Crippen molar-refractivity contribution in [2.24, 2.45) is 0 Å². The second-order valence-corrected chi connectivity index (χ2v) is 16.0. The zero-order valence-corrected chi connectivity index (χ0v) is 34.8. The Morgan fingerprint density at radius 3 is 0.780 bits per heavy atom. The third-order valence-corrected chi connectivity index (χ3v) is 9.47. The molecule has 0 spiro atoms. The molecular weight excluding hydrogens is 635 g/mol. The molecule has 0 rings (SSSR count). The molecule has 0 saturated carbocycles. The highest BCUT2D eigenvalue weighted by Gasteiger charge is 2.11. The van der Waals surface area contributed by atoms with E-state index >= 15 is 0 Å². The normalized spacial score (nSPS) is 14.9. The molecule has 50 heavy (non-hydrogen) atoms. The minimum absolute atomic E-state index is 0.0537. The van der Waals surface area contributed by atoms with E-state index in [2.05, 4.69) is 115 Å². The third kappa shape index (κ3) is 32.9. The van der Waals surface area contributed by atoms with Gasteiger partial charge in [0.1, 0.15) is 0 Å². The summed E-state index contributed by atoms with van der Waals surface area (Å²) in [7, 11) is -4.39. The molecule has 284 valence electrons. The largest absolute Gasteiger partial charge is 0.469 e. The van der Waals surface area contributed by atoms with Crippen molar-refractivity contribution < 1.29 is 18.9 Å². The fraction of sp³-hybridized carbons (Fsp3) is 0.600. The lowest BCUT2D eigenvalue weighted by Crippen LogP contribution is -1.89. The van der Waals surface area contributed by atoms with E-state index in [1.54, 1.807) is 6.08 Å². The highest BCUT2D eigenvalue weighted by molar-refractivity contribution is 7.46. The highest BCUT2D eigenvalue weighted by atomic mass is 31.2. The Labute approximate surface area is 309 Å². The van der Waals surface area contributed by atoms with Crippen LogP contribution in [0, 0.1) is 0 Å². The second kappa shape index (κ2) is 29.4. The Bertz CT molecular complexity index is 1290. The lowest BCUT2D eigenvalue weighted by atomic mass is 10.0. The number of allylic oxidation sites excluding steroid dienone is 17. The number of phosphoric ester groups is 1. The van der Waals surface area contributed by atoms with E-state index in [4.69, 9.17) is 9.79 Å². The molecule has 0 aliphatic carbocycles. The molecule has 0 atom stereocenters. The van der Waals surface area contributed by atoms with Crippen LogP contribution in [0.1, 0.15) is 172 Å². The first kappa shape index (κ1) is 47.8. The molecule has 0 fully saturated rings. The van der Waals surface area contributed by atoms with Crippen molar-refractivity contribution in [3.05, 3.63) is 105 Å². The van der Waals surface area contributed by atoms with Crippen molar-refractivity contribution in [1.29, 1.82) is 0 Å². The van der Waals surface area contributed by atoms with Crippen molar-refractivity contribution in [2.45, 2.75) is 172 Å². The first-order chi connectivity index (χ1) is 23.6. The van der Waals surface area contributed by atoms with Crippen molar-refractivity contribution >= 4 is 7.82 Å². The predicted octanol–water partition coefficient (Wildman–Crippen LogP) is 14.9. The molecule has 0 aromatic heterocycles. The minimum Gasteiger partial charge on any atom is -0.303 e. The van der Waals surface area contributed by atoms with E-state index in [9.17, 15) is 4.57 Å². The van der Waals surface area contributed by atoms with Crippen LogP contribution in [0.3, 0.4) is 0 Å². The molecule has 0 aromatic rings. The molecule has 0 aliphatic heterocycles. The van der Waals surface area contributed by atoms with Gasteiger partial charge in [-0.25, -0.2) is 4.57 Å². The molecule has 0 unspecified atom stereocenters. The smallest absolute Gasteiger partial charge is 0.303 e. The van der Waals surface area contributed by atoms with Crippen molar-refractivity contribution in [3.8, 4) is 0 Å². The first-order valence-electron chi connectivity index (χ1n) is 19.2. The van der Waals surface area contributed by atoms with Gasteiger partial charge in [-0.1, -0.05) is 105 Å². The van der Waals surface area contributed by atoms with Crippen molar-refractivity contribution in [1.82, 2.24) is 0 Å². The van der Waals surface area contributed by atoms with Crippen LogP contribution in [0.2, 0.25) is 0 Å². The van der Waals surface area contributed by atoms with Gasteiger partial charge in [-0.3, -0.25) is 4.52 Å². The monoisotopic (exact) mass is 711 g/mol. The van der Waals surface area contributed by atoms with E-state index in [0.29, 0.717) is 0 Å². The van der Waals surface area contributed by atoms with Gasteiger partial charge in [-0.2, -0.15) is 0 Å². The van der Waals surface area contributed by atoms with Gasteiger partial charge in [0, 0.05) is 0 Å². The molecule has 0 aromatic carbocycles. The standard InChI is InChI=1S/C45H75O4P/c1-37(2)19-11-20-38(3)21-12-22-39(4)23-13-24-40(5)25-14-26-41(6)27-15-28-42(7)29-16-30-43(8)31-17-32-44(9)33-18-34-45(10)35-36-49-50(46,47)48/h19,21,23,25,27,29,31,33,35H,11-18,20,22,24,26,28,30,32,34,36H2,1-10H3,(H2,46,47,48)/b38-21+,39-23+,40-25+,41-27+,42-29+,43-31+,44-33+,45-35+. The zero-order chi connectivity index (χ0) is 37.8. The summed E-state index contributed by atoms with van der Waals surface area (Å²) >= 11 is 0. The van der Waals surface area contributed by atoms with Gasteiger partial charge >= 0.3 is 7.82 Å². The molecular formula is C45H75O4P. The van der Waals surface area contributed by atoms with Crippen LogP contribution in [0.5, 0.6) is 0 Å². The van der Waals surface area contributed by atoms with Crippen LogP contribution in [0.4, 0.5) is 0 Å². The lowest BCUT2D eigenvalue weighted by Gasteiger charge is -2.04. The molecule has 4 nitrogen and oxygen atoms in total. The Morgan fingerprint density at radius 2 is 0.580 bits per heavy atom. The van der Waals surface area contributed by atoms with Crippen LogP contribution in [0.25, 0.3) is 0 Å². The van der Waals surface area contributed by atoms with Gasteiger partial charge in [0.15, 0.2) is 0 Å². The molecule has 0 radical (unpaired) electrons. The summed E-state index contributed by atoms with van der Waals surface area (Å²) in [6, 6.07) is 0. The van der Waals surface area contributed by atoms with Crippen molar-refractivity contribution in [3.63, 3.8) is 0 Å². The number of hydrogen-bond acceptors (Lipinski definition) is 2. The number of phosphoric acid groups is 1. The maximum Gasteiger partial charge on any atom is 0.469 e. The lowest BCUT2D eigenvalue weighted by molar-refractivity contribution is 0.215. The Kier molecular flexibility index (Phi) is 28.0. The maximum absolute atomic E-state index is 10.7. The summed E-state index contributed by atoms with van der Waals surface area (Å²) in [6.45, 7) is 22.1. The molecule has 0 saturated heterocycles. The summed E-state index contributed by atoms with van der Waals surface area (Å²) in [4.78, 5) is 17.5. The Hall–Kier alpha value is -2.23. The van der Waals surface area contributed by atoms with Gasteiger partial charge in [0.05, 0.1) is 6.61 Å². The molecule has 0 aliphatic rings.